The molecule has 1 heterocycles. The Balaban J connectivity index is 0.000000469. The molecule has 0 spiro atoms. The van der Waals surface area contributed by atoms with Gasteiger partial charge in [-0.15, -0.1) is 11.8 Å². The Morgan fingerprint density at radius 2 is 1.47 bits per heavy atom. The van der Waals surface area contributed by atoms with Crippen molar-refractivity contribution in [2.45, 2.75) is 11.4 Å². The molecule has 2 N–H and O–H groups in total. The van der Waals surface area contributed by atoms with Crippen LogP contribution in [0.3, 0.4) is 0 Å². The van der Waals surface area contributed by atoms with Gasteiger partial charge in [0.05, 0.1) is 0 Å². The summed E-state index contributed by atoms with van der Waals surface area (Å²) in [4.78, 5) is 24.6. The molecular weight excluding hydrogens is 400 g/mol. The topological polar surface area (TPSA) is 81.1 Å². The van der Waals surface area contributed by atoms with Crippen LogP contribution in [-0.4, -0.2) is 70.9 Å². The minimum atomic E-state index is -1.82. The van der Waals surface area contributed by atoms with Crippen molar-refractivity contribution in [1.29, 1.82) is 0 Å². The lowest BCUT2D eigenvalue weighted by atomic mass is 10.2. The molecule has 7 heteroatoms. The summed E-state index contributed by atoms with van der Waals surface area (Å²) in [6.45, 7) is 6.74. The molecule has 1 saturated heterocycles. The Labute approximate surface area is 181 Å². The molecule has 1 aliphatic rings. The predicted molar refractivity (Wildman–Crippen MR) is 121 cm³/mol. The van der Waals surface area contributed by atoms with E-state index in [2.05, 4.69) is 82.8 Å². The molecule has 0 radical (unpaired) electrons. The minimum absolute atomic E-state index is 1.05. The van der Waals surface area contributed by atoms with Gasteiger partial charge in [0.2, 0.25) is 0 Å². The summed E-state index contributed by atoms with van der Waals surface area (Å²) in [6.07, 6.45) is 6.63. The van der Waals surface area contributed by atoms with Crippen LogP contribution in [0.1, 0.15) is 11.1 Å². The molecule has 0 aliphatic carbocycles. The molecule has 30 heavy (non-hydrogen) atoms. The smallest absolute Gasteiger partial charge is 0.414 e. The molecule has 0 amide bonds. The molecule has 0 unspecified atom stereocenters. The first-order valence-electron chi connectivity index (χ1n) is 9.73. The fourth-order valence-corrected chi connectivity index (χ4v) is 3.43. The maximum Gasteiger partial charge on any atom is 0.414 e. The van der Waals surface area contributed by atoms with Gasteiger partial charge in [-0.2, -0.15) is 0 Å². The summed E-state index contributed by atoms with van der Waals surface area (Å²) in [5.41, 5.74) is 2.70. The molecule has 6 nitrogen and oxygen atoms in total. The molecule has 2 aromatic carbocycles. The van der Waals surface area contributed by atoms with Crippen molar-refractivity contribution in [3.63, 3.8) is 0 Å². The Bertz CT molecular complexity index is 805. The number of carbonyl (C=O) groups is 2. The van der Waals surface area contributed by atoms with Crippen molar-refractivity contribution >= 4 is 29.8 Å². The summed E-state index contributed by atoms with van der Waals surface area (Å²) >= 11 is 1.80. The molecule has 0 saturated carbocycles. The fraction of sp³-hybridized carbons (Fsp3) is 0.304. The Morgan fingerprint density at radius 3 is 2.00 bits per heavy atom. The lowest BCUT2D eigenvalue weighted by Crippen LogP contribution is -2.45. The first-order chi connectivity index (χ1) is 14.5. The van der Waals surface area contributed by atoms with Crippen molar-refractivity contribution < 1.29 is 19.8 Å². The number of thioether (sulfide) groups is 1. The first-order valence-corrected chi connectivity index (χ1v) is 11.0. The number of hydrogen-bond acceptors (Lipinski definition) is 5. The standard InChI is InChI=1S/C21H26N2S.C2H2O4/c1-24-21-11-9-20(10-12-21)18-23-16-14-22(15-17-23)13-5-8-19-6-3-2-4-7-19;3-1(4)2(5)6/h2-12H,13-18H2,1H3;(H,3,4)(H,5,6). The van der Waals surface area contributed by atoms with Gasteiger partial charge in [-0.25, -0.2) is 9.59 Å². The zero-order chi connectivity index (χ0) is 21.8. The van der Waals surface area contributed by atoms with E-state index in [-0.39, 0.29) is 0 Å². The van der Waals surface area contributed by atoms with Crippen molar-refractivity contribution in [2.24, 2.45) is 0 Å². The number of carboxylic acids is 2. The van der Waals surface area contributed by atoms with Crippen molar-refractivity contribution in [2.75, 3.05) is 39.0 Å². The monoisotopic (exact) mass is 428 g/mol. The molecule has 0 atom stereocenters. The summed E-state index contributed by atoms with van der Waals surface area (Å²) < 4.78 is 0. The molecule has 3 rings (SSSR count). The number of carboxylic acid groups (broad SMARTS) is 2. The molecule has 1 fully saturated rings. The third-order valence-electron chi connectivity index (χ3n) is 4.69. The van der Waals surface area contributed by atoms with Gasteiger partial charge in [0.25, 0.3) is 0 Å². The summed E-state index contributed by atoms with van der Waals surface area (Å²) in [5, 5.41) is 14.8. The largest absolute Gasteiger partial charge is 0.473 e. The van der Waals surface area contributed by atoms with E-state index in [0.29, 0.717) is 0 Å². The molecule has 2 aromatic rings. The maximum atomic E-state index is 9.10. The van der Waals surface area contributed by atoms with Gasteiger partial charge in [-0.1, -0.05) is 54.6 Å². The second-order valence-corrected chi connectivity index (χ2v) is 7.73. The quantitative estimate of drug-likeness (QED) is 0.539. The van der Waals surface area contributed by atoms with Gasteiger partial charge in [0, 0.05) is 44.2 Å². The zero-order valence-electron chi connectivity index (χ0n) is 17.1. The van der Waals surface area contributed by atoms with Crippen LogP contribution in [0.15, 0.2) is 65.6 Å². The van der Waals surface area contributed by atoms with Crippen LogP contribution in [0.5, 0.6) is 0 Å². The molecule has 1 aliphatic heterocycles. The van der Waals surface area contributed by atoms with E-state index in [9.17, 15) is 0 Å². The fourth-order valence-electron chi connectivity index (χ4n) is 3.02. The van der Waals surface area contributed by atoms with E-state index in [1.165, 1.54) is 16.0 Å². The molecule has 0 bridgehead atoms. The van der Waals surface area contributed by atoms with Crippen LogP contribution < -0.4 is 0 Å². The van der Waals surface area contributed by atoms with E-state index in [0.717, 1.165) is 39.3 Å². The zero-order valence-corrected chi connectivity index (χ0v) is 17.9. The number of benzene rings is 2. The van der Waals surface area contributed by atoms with Crippen molar-refractivity contribution in [3.8, 4) is 0 Å². The number of hydrogen-bond donors (Lipinski definition) is 2. The Kier molecular flexibility index (Phi) is 10.1. The van der Waals surface area contributed by atoms with Gasteiger partial charge >= 0.3 is 11.9 Å². The lowest BCUT2D eigenvalue weighted by molar-refractivity contribution is -0.159. The van der Waals surface area contributed by atoms with Gasteiger partial charge in [-0.05, 0) is 29.5 Å². The van der Waals surface area contributed by atoms with Crippen LogP contribution in [0.25, 0.3) is 6.08 Å². The molecule has 0 aromatic heterocycles. The molecule has 160 valence electrons. The summed E-state index contributed by atoms with van der Waals surface area (Å²) in [7, 11) is 0. The highest BCUT2D eigenvalue weighted by molar-refractivity contribution is 7.98. The average Bonchev–Trinajstić information content (AvgIpc) is 2.77. The highest BCUT2D eigenvalue weighted by Gasteiger charge is 2.15. The third kappa shape index (κ3) is 8.82. The Morgan fingerprint density at radius 1 is 0.900 bits per heavy atom. The summed E-state index contributed by atoms with van der Waals surface area (Å²) in [6, 6.07) is 19.5. The first kappa shape index (κ1) is 23.7. The van der Waals surface area contributed by atoms with E-state index in [4.69, 9.17) is 19.8 Å². The van der Waals surface area contributed by atoms with Gasteiger partial charge in [0.1, 0.15) is 0 Å². The maximum absolute atomic E-state index is 9.10. The highest BCUT2D eigenvalue weighted by Crippen LogP contribution is 2.16. The van der Waals surface area contributed by atoms with E-state index in [1.807, 2.05) is 0 Å². The van der Waals surface area contributed by atoms with Crippen LogP contribution >= 0.6 is 11.8 Å². The number of rotatable bonds is 6. The van der Waals surface area contributed by atoms with Crippen LogP contribution in [0, 0.1) is 0 Å². The van der Waals surface area contributed by atoms with Crippen LogP contribution in [0.4, 0.5) is 0 Å². The second-order valence-electron chi connectivity index (χ2n) is 6.85. The average molecular weight is 429 g/mol. The van der Waals surface area contributed by atoms with Crippen LogP contribution in [0.2, 0.25) is 0 Å². The third-order valence-corrected chi connectivity index (χ3v) is 5.43. The lowest BCUT2D eigenvalue weighted by Gasteiger charge is -2.34. The second kappa shape index (κ2) is 12.8. The van der Waals surface area contributed by atoms with E-state index >= 15 is 0 Å². The van der Waals surface area contributed by atoms with E-state index in [1.54, 1.807) is 11.8 Å². The predicted octanol–water partition coefficient (Wildman–Crippen LogP) is 3.40. The number of nitrogens with zero attached hydrogens (tertiary/aromatic N) is 2. The number of piperazine rings is 1. The number of aliphatic carboxylic acids is 2. The highest BCUT2D eigenvalue weighted by atomic mass is 32.2. The minimum Gasteiger partial charge on any atom is -0.473 e. The van der Waals surface area contributed by atoms with Crippen molar-refractivity contribution in [3.05, 3.63) is 71.8 Å². The van der Waals surface area contributed by atoms with Crippen LogP contribution in [-0.2, 0) is 16.1 Å². The normalized spacial score (nSPS) is 14.8. The Hall–Kier alpha value is -2.61. The van der Waals surface area contributed by atoms with Gasteiger partial charge in [-0.3, -0.25) is 9.80 Å². The van der Waals surface area contributed by atoms with Gasteiger partial charge < -0.3 is 10.2 Å². The SMILES string of the molecule is CSc1ccc(CN2CCN(CC=Cc3ccccc3)CC2)cc1.O=C(O)C(=O)O. The van der Waals surface area contributed by atoms with Crippen molar-refractivity contribution in [1.82, 2.24) is 9.80 Å². The van der Waals surface area contributed by atoms with Gasteiger partial charge in [0.15, 0.2) is 0 Å². The van der Waals surface area contributed by atoms with E-state index < -0.39 is 11.9 Å². The molecular formula is C23H28N2O4S. The summed E-state index contributed by atoms with van der Waals surface area (Å²) in [5.74, 6) is -3.65.